The van der Waals surface area contributed by atoms with Crippen LogP contribution in [0.15, 0.2) is 42.5 Å². The quantitative estimate of drug-likeness (QED) is 0.255. The van der Waals surface area contributed by atoms with Crippen LogP contribution >= 0.6 is 0 Å². The molecule has 0 aliphatic carbocycles. The third-order valence-electron chi connectivity index (χ3n) is 6.34. The van der Waals surface area contributed by atoms with Gasteiger partial charge in [0.1, 0.15) is 5.60 Å². The first-order valence-electron chi connectivity index (χ1n) is 13.6. The van der Waals surface area contributed by atoms with Gasteiger partial charge >= 0.3 is 12.1 Å². The lowest BCUT2D eigenvalue weighted by molar-refractivity contribution is -0.137. The van der Waals surface area contributed by atoms with Crippen LogP contribution in [0, 0.1) is 12.8 Å². The van der Waals surface area contributed by atoms with Gasteiger partial charge in [-0.1, -0.05) is 56.2 Å². The van der Waals surface area contributed by atoms with Crippen LogP contribution in [0.2, 0.25) is 0 Å². The Bertz CT molecular complexity index is 1260. The van der Waals surface area contributed by atoms with Crippen LogP contribution in [0.3, 0.4) is 0 Å². The molecule has 3 aromatic rings. The molecule has 0 unspecified atom stereocenters. The molecule has 2 N–H and O–H groups in total. The fourth-order valence-electron chi connectivity index (χ4n) is 4.61. The Hall–Kier alpha value is -3.41. The van der Waals surface area contributed by atoms with Gasteiger partial charge in [-0.2, -0.15) is 0 Å². The SMILES string of the molecule is Cc1ccc(-c2c(CNC(=O)OC(C)(C)C)c(CC(C)C)nc3ccc(CCCCCC(=O)O)cc23)cc1. The number of nitrogens with zero attached hydrogens (tertiary/aromatic N) is 1. The number of rotatable bonds is 11. The van der Waals surface area contributed by atoms with Gasteiger partial charge in [-0.05, 0) is 88.1 Å². The summed E-state index contributed by atoms with van der Waals surface area (Å²) in [5.41, 5.74) is 6.93. The number of aliphatic carboxylic acids is 1. The van der Waals surface area contributed by atoms with Gasteiger partial charge in [-0.25, -0.2) is 4.79 Å². The molecule has 204 valence electrons. The summed E-state index contributed by atoms with van der Waals surface area (Å²) in [7, 11) is 0. The Balaban J connectivity index is 2.07. The van der Waals surface area contributed by atoms with E-state index in [4.69, 9.17) is 14.8 Å². The second-order valence-electron chi connectivity index (χ2n) is 11.5. The number of ether oxygens (including phenoxy) is 1. The average Bonchev–Trinajstić information content (AvgIpc) is 2.81. The molecule has 38 heavy (non-hydrogen) atoms. The normalized spacial score (nSPS) is 11.7. The van der Waals surface area contributed by atoms with Gasteiger partial charge in [0.25, 0.3) is 0 Å². The minimum atomic E-state index is -0.741. The number of benzene rings is 2. The molecule has 6 nitrogen and oxygen atoms in total. The highest BCUT2D eigenvalue weighted by molar-refractivity contribution is 5.97. The first kappa shape index (κ1) is 29.2. The number of alkyl carbamates (subject to hydrolysis) is 1. The van der Waals surface area contributed by atoms with E-state index in [0.717, 1.165) is 59.0 Å². The van der Waals surface area contributed by atoms with Crippen molar-refractivity contribution >= 4 is 23.0 Å². The molecule has 0 saturated heterocycles. The van der Waals surface area contributed by atoms with Gasteiger partial charge in [0.05, 0.1) is 5.52 Å². The van der Waals surface area contributed by atoms with Crippen molar-refractivity contribution in [2.24, 2.45) is 5.92 Å². The summed E-state index contributed by atoms with van der Waals surface area (Å²) < 4.78 is 5.52. The highest BCUT2D eigenvalue weighted by atomic mass is 16.6. The smallest absolute Gasteiger partial charge is 0.407 e. The number of unbranched alkanes of at least 4 members (excludes halogenated alkanes) is 2. The van der Waals surface area contributed by atoms with Crippen molar-refractivity contribution in [3.63, 3.8) is 0 Å². The Morgan fingerprint density at radius 3 is 2.37 bits per heavy atom. The summed E-state index contributed by atoms with van der Waals surface area (Å²) in [6, 6.07) is 14.9. The van der Waals surface area contributed by atoms with Crippen LogP contribution in [-0.2, 0) is 28.9 Å². The maximum atomic E-state index is 12.6. The number of fused-ring (bicyclic) bond motifs is 1. The third-order valence-corrected chi connectivity index (χ3v) is 6.34. The van der Waals surface area contributed by atoms with Crippen LogP contribution in [0.1, 0.15) is 82.7 Å². The molecular weight excluding hydrogens is 476 g/mol. The van der Waals surface area contributed by atoms with E-state index in [1.54, 1.807) is 0 Å². The number of aromatic nitrogens is 1. The van der Waals surface area contributed by atoms with E-state index in [-0.39, 0.29) is 6.42 Å². The van der Waals surface area contributed by atoms with Crippen molar-refractivity contribution in [1.29, 1.82) is 0 Å². The minimum Gasteiger partial charge on any atom is -0.481 e. The number of hydrogen-bond acceptors (Lipinski definition) is 4. The van der Waals surface area contributed by atoms with Crippen molar-refractivity contribution in [2.45, 2.75) is 92.2 Å². The molecule has 1 aromatic heterocycles. The van der Waals surface area contributed by atoms with E-state index in [1.807, 2.05) is 20.8 Å². The summed E-state index contributed by atoms with van der Waals surface area (Å²) in [5, 5.41) is 12.9. The van der Waals surface area contributed by atoms with Gasteiger partial charge < -0.3 is 15.2 Å². The van der Waals surface area contributed by atoms with E-state index in [0.29, 0.717) is 18.9 Å². The van der Waals surface area contributed by atoms with Gasteiger partial charge in [-0.3, -0.25) is 9.78 Å². The molecule has 0 spiro atoms. The lowest BCUT2D eigenvalue weighted by atomic mass is 9.90. The monoisotopic (exact) mass is 518 g/mol. The van der Waals surface area contributed by atoms with Crippen LogP contribution in [0.4, 0.5) is 4.79 Å². The molecule has 0 atom stereocenters. The van der Waals surface area contributed by atoms with E-state index in [2.05, 4.69) is 68.6 Å². The molecule has 2 aromatic carbocycles. The zero-order valence-corrected chi connectivity index (χ0v) is 23.7. The Morgan fingerprint density at radius 2 is 1.74 bits per heavy atom. The Kier molecular flexibility index (Phi) is 9.90. The predicted octanol–water partition coefficient (Wildman–Crippen LogP) is 7.62. The largest absolute Gasteiger partial charge is 0.481 e. The number of aryl methyl sites for hydroxylation is 2. The fraction of sp³-hybridized carbons (Fsp3) is 0.469. The van der Waals surface area contributed by atoms with Gasteiger partial charge in [0.2, 0.25) is 0 Å². The Morgan fingerprint density at radius 1 is 1.03 bits per heavy atom. The zero-order chi connectivity index (χ0) is 27.9. The number of nitrogens with one attached hydrogen (secondary N) is 1. The standard InChI is InChI=1S/C32H42N2O4/c1-21(2)18-28-26(20-33-31(37)38-32(4,5)6)30(24-15-12-22(3)13-16-24)25-19-23(14-17-27(25)34-28)10-8-7-9-11-29(35)36/h12-17,19,21H,7-11,18,20H2,1-6H3,(H,33,37)(H,35,36). The van der Waals surface area contributed by atoms with Crippen molar-refractivity contribution in [3.8, 4) is 11.1 Å². The molecule has 0 fully saturated rings. The molecule has 0 aliphatic rings. The van der Waals surface area contributed by atoms with E-state index < -0.39 is 17.7 Å². The fourth-order valence-corrected chi connectivity index (χ4v) is 4.61. The highest BCUT2D eigenvalue weighted by Crippen LogP contribution is 2.35. The van der Waals surface area contributed by atoms with Crippen LogP contribution in [0.25, 0.3) is 22.0 Å². The summed E-state index contributed by atoms with van der Waals surface area (Å²) in [4.78, 5) is 28.5. The first-order chi connectivity index (χ1) is 17.9. The number of amides is 1. The van der Waals surface area contributed by atoms with Crippen molar-refractivity contribution in [3.05, 3.63) is 64.8 Å². The number of carbonyl (C=O) groups is 2. The Labute approximate surface area is 226 Å². The molecule has 0 aliphatic heterocycles. The predicted molar refractivity (Wildman–Crippen MR) is 153 cm³/mol. The number of carboxylic acids is 1. The molecule has 0 saturated carbocycles. The van der Waals surface area contributed by atoms with Crippen LogP contribution in [-0.4, -0.2) is 27.8 Å². The highest BCUT2D eigenvalue weighted by Gasteiger charge is 2.21. The number of carbonyl (C=O) groups excluding carboxylic acids is 1. The van der Waals surface area contributed by atoms with Crippen molar-refractivity contribution in [1.82, 2.24) is 10.3 Å². The maximum absolute atomic E-state index is 12.6. The molecule has 1 amide bonds. The van der Waals surface area contributed by atoms with E-state index >= 15 is 0 Å². The van der Waals surface area contributed by atoms with Crippen LogP contribution < -0.4 is 5.32 Å². The second kappa shape index (κ2) is 12.9. The summed E-state index contributed by atoms with van der Waals surface area (Å²) in [6.45, 7) is 12.3. The maximum Gasteiger partial charge on any atom is 0.407 e. The topological polar surface area (TPSA) is 88.5 Å². The van der Waals surface area contributed by atoms with Gasteiger partial charge in [-0.15, -0.1) is 0 Å². The molecule has 0 bridgehead atoms. The second-order valence-corrected chi connectivity index (χ2v) is 11.5. The van der Waals surface area contributed by atoms with Gasteiger partial charge in [0, 0.05) is 29.6 Å². The lowest BCUT2D eigenvalue weighted by Gasteiger charge is -2.22. The van der Waals surface area contributed by atoms with Crippen molar-refractivity contribution in [2.75, 3.05) is 0 Å². The summed E-state index contributed by atoms with van der Waals surface area (Å²) in [5.74, 6) is -0.342. The minimum absolute atomic E-state index is 0.214. The molecule has 6 heteroatoms. The number of carboxylic acid groups (broad SMARTS) is 1. The summed E-state index contributed by atoms with van der Waals surface area (Å²) in [6.07, 6.45) is 3.95. The third kappa shape index (κ3) is 8.57. The molecular formula is C32H42N2O4. The summed E-state index contributed by atoms with van der Waals surface area (Å²) >= 11 is 0. The molecule has 1 heterocycles. The number of pyridine rings is 1. The first-order valence-corrected chi connectivity index (χ1v) is 13.6. The van der Waals surface area contributed by atoms with E-state index in [1.165, 1.54) is 11.1 Å². The van der Waals surface area contributed by atoms with Crippen LogP contribution in [0.5, 0.6) is 0 Å². The number of hydrogen-bond donors (Lipinski definition) is 2. The molecule has 3 rings (SSSR count). The zero-order valence-electron chi connectivity index (χ0n) is 23.7. The average molecular weight is 519 g/mol. The van der Waals surface area contributed by atoms with Gasteiger partial charge in [0.15, 0.2) is 0 Å². The lowest BCUT2D eigenvalue weighted by Crippen LogP contribution is -2.32. The van der Waals surface area contributed by atoms with Crippen molar-refractivity contribution < 1.29 is 19.4 Å². The molecule has 0 radical (unpaired) electrons. The van der Waals surface area contributed by atoms with E-state index in [9.17, 15) is 9.59 Å².